The lowest BCUT2D eigenvalue weighted by Gasteiger charge is -2.09. The van der Waals surface area contributed by atoms with E-state index in [1.165, 1.54) is 57.8 Å². The highest BCUT2D eigenvalue weighted by Gasteiger charge is 1.97. The number of nitrogens with two attached hydrogens (primary N) is 1. The maximum atomic E-state index is 5.64. The molecule has 0 fully saturated rings. The molecule has 2 N–H and O–H groups in total. The van der Waals surface area contributed by atoms with Gasteiger partial charge in [-0.05, 0) is 30.7 Å². The van der Waals surface area contributed by atoms with Crippen molar-refractivity contribution in [3.05, 3.63) is 24.3 Å². The van der Waals surface area contributed by atoms with Crippen LogP contribution >= 0.6 is 0 Å². The summed E-state index contributed by atoms with van der Waals surface area (Å²) in [6, 6.07) is 7.30. The molecule has 0 amide bonds. The van der Waals surface area contributed by atoms with Gasteiger partial charge in [-0.1, -0.05) is 64.7 Å². The van der Waals surface area contributed by atoms with Crippen molar-refractivity contribution in [3.8, 4) is 5.75 Å². The van der Waals surface area contributed by atoms with Crippen LogP contribution < -0.4 is 10.5 Å². The Morgan fingerprint density at radius 1 is 0.421 bits per heavy atom. The Hall–Kier alpha value is -1.42. The van der Waals surface area contributed by atoms with Crippen LogP contribution in [-0.2, 0) is 28.4 Å². The maximum absolute atomic E-state index is 5.64. The van der Waals surface area contributed by atoms with E-state index >= 15 is 0 Å². The fourth-order valence-corrected chi connectivity index (χ4v) is 3.68. The van der Waals surface area contributed by atoms with Gasteiger partial charge in [-0.3, -0.25) is 0 Å². The van der Waals surface area contributed by atoms with Gasteiger partial charge < -0.3 is 38.9 Å². The highest BCUT2D eigenvalue weighted by Crippen LogP contribution is 2.13. The topological polar surface area (TPSA) is 90.6 Å². The molecule has 1 aromatic carbocycles. The van der Waals surface area contributed by atoms with E-state index in [0.29, 0.717) is 79.3 Å². The van der Waals surface area contributed by atoms with Gasteiger partial charge in [-0.15, -0.1) is 0 Å². The number of hydrogen-bond donors (Lipinski definition) is 1. The van der Waals surface area contributed by atoms with Crippen molar-refractivity contribution >= 4 is 5.69 Å². The van der Waals surface area contributed by atoms with E-state index in [0.717, 1.165) is 24.5 Å². The largest absolute Gasteiger partial charge is 0.491 e. The number of rotatable bonds is 30. The lowest BCUT2D eigenvalue weighted by Crippen LogP contribution is -2.14. The smallest absolute Gasteiger partial charge is 0.119 e. The minimum Gasteiger partial charge on any atom is -0.491 e. The monoisotopic (exact) mass is 541 g/mol. The lowest BCUT2D eigenvalue weighted by atomic mass is 10.1. The summed E-state index contributed by atoms with van der Waals surface area (Å²) in [6.45, 7) is 9.76. The van der Waals surface area contributed by atoms with E-state index in [1.54, 1.807) is 0 Å². The molecule has 8 nitrogen and oxygen atoms in total. The van der Waals surface area contributed by atoms with Crippen LogP contribution in [0.1, 0.15) is 71.1 Å². The second kappa shape index (κ2) is 28.6. The molecule has 0 radical (unpaired) electrons. The van der Waals surface area contributed by atoms with Crippen molar-refractivity contribution in [1.29, 1.82) is 0 Å². The zero-order valence-corrected chi connectivity index (χ0v) is 24.0. The zero-order chi connectivity index (χ0) is 27.2. The highest BCUT2D eigenvalue weighted by atomic mass is 16.6. The molecule has 222 valence electrons. The Labute approximate surface area is 231 Å². The third kappa shape index (κ3) is 24.9. The van der Waals surface area contributed by atoms with E-state index in [4.69, 9.17) is 38.9 Å². The first kappa shape index (κ1) is 34.6. The lowest BCUT2D eigenvalue weighted by molar-refractivity contribution is -0.0179. The summed E-state index contributed by atoms with van der Waals surface area (Å²) >= 11 is 0. The van der Waals surface area contributed by atoms with Gasteiger partial charge in [0, 0.05) is 12.3 Å². The Bertz CT molecular complexity index is 588. The third-order valence-electron chi connectivity index (χ3n) is 5.88. The fourth-order valence-electron chi connectivity index (χ4n) is 3.68. The van der Waals surface area contributed by atoms with Crippen LogP contribution in [-0.4, -0.2) is 85.9 Å². The van der Waals surface area contributed by atoms with E-state index in [-0.39, 0.29) is 0 Å². The summed E-state index contributed by atoms with van der Waals surface area (Å²) in [6.07, 6.45) is 13.5. The number of ether oxygens (including phenoxy) is 7. The molecule has 1 aromatic rings. The van der Waals surface area contributed by atoms with Gasteiger partial charge >= 0.3 is 0 Å². The number of benzene rings is 1. The molecule has 0 aliphatic heterocycles. The second-order valence-corrected chi connectivity index (χ2v) is 9.27. The first-order chi connectivity index (χ1) is 18.8. The summed E-state index contributed by atoms with van der Waals surface area (Å²) in [5, 5.41) is 0. The molecule has 0 spiro atoms. The number of anilines is 1. The predicted molar refractivity (Wildman–Crippen MR) is 153 cm³/mol. The normalized spacial score (nSPS) is 11.3. The quantitative estimate of drug-likeness (QED) is 0.0984. The molecule has 0 bridgehead atoms. The molecule has 1 rings (SSSR count). The Morgan fingerprint density at radius 2 is 0.763 bits per heavy atom. The van der Waals surface area contributed by atoms with Crippen LogP contribution in [0.4, 0.5) is 5.69 Å². The number of nitrogen functional groups attached to an aromatic ring is 1. The first-order valence-electron chi connectivity index (χ1n) is 14.8. The van der Waals surface area contributed by atoms with E-state index < -0.39 is 0 Å². The molecular formula is C30H55NO7. The average Bonchev–Trinajstić information content (AvgIpc) is 2.93. The van der Waals surface area contributed by atoms with Crippen molar-refractivity contribution in [3.63, 3.8) is 0 Å². The molecular weight excluding hydrogens is 486 g/mol. The second-order valence-electron chi connectivity index (χ2n) is 9.27. The zero-order valence-electron chi connectivity index (χ0n) is 24.0. The van der Waals surface area contributed by atoms with Crippen LogP contribution in [0.15, 0.2) is 24.3 Å². The van der Waals surface area contributed by atoms with Gasteiger partial charge in [0.1, 0.15) is 12.4 Å². The van der Waals surface area contributed by atoms with E-state index in [2.05, 4.69) is 6.92 Å². The average molecular weight is 542 g/mol. The summed E-state index contributed by atoms with van der Waals surface area (Å²) in [5.74, 6) is 0.785. The molecule has 0 atom stereocenters. The van der Waals surface area contributed by atoms with E-state index in [1.807, 2.05) is 24.3 Å². The van der Waals surface area contributed by atoms with Crippen LogP contribution in [0.3, 0.4) is 0 Å². The summed E-state index contributed by atoms with van der Waals surface area (Å²) in [4.78, 5) is 0. The van der Waals surface area contributed by atoms with Crippen LogP contribution in [0.2, 0.25) is 0 Å². The van der Waals surface area contributed by atoms with Crippen LogP contribution in [0.5, 0.6) is 5.75 Å². The van der Waals surface area contributed by atoms with Gasteiger partial charge in [0.15, 0.2) is 0 Å². The van der Waals surface area contributed by atoms with Gasteiger partial charge in [0.05, 0.1) is 72.7 Å². The molecule has 0 saturated carbocycles. The minimum atomic E-state index is 0.491. The first-order valence-corrected chi connectivity index (χ1v) is 14.8. The standard InChI is InChI=1S/C30H55NO7/c1-2-3-4-5-6-7-8-9-10-11-16-32-17-18-33-19-20-34-21-22-35-23-24-36-25-26-37-27-28-38-30-14-12-29(31)13-15-30/h12-15H,2-11,16-28,31H2,1H3. The Balaban J connectivity index is 1.64. The molecule has 0 aliphatic rings. The number of hydrogen-bond acceptors (Lipinski definition) is 8. The fraction of sp³-hybridized carbons (Fsp3) is 0.800. The van der Waals surface area contributed by atoms with E-state index in [9.17, 15) is 0 Å². The Kier molecular flexibility index (Phi) is 26.0. The van der Waals surface area contributed by atoms with Crippen LogP contribution in [0, 0.1) is 0 Å². The molecule has 0 heterocycles. The molecule has 0 saturated heterocycles. The summed E-state index contributed by atoms with van der Waals surface area (Å²) in [5.41, 5.74) is 6.36. The van der Waals surface area contributed by atoms with Gasteiger partial charge in [-0.25, -0.2) is 0 Å². The minimum absolute atomic E-state index is 0.491. The molecule has 0 unspecified atom stereocenters. The van der Waals surface area contributed by atoms with Gasteiger partial charge in [-0.2, -0.15) is 0 Å². The van der Waals surface area contributed by atoms with Crippen molar-refractivity contribution in [2.24, 2.45) is 0 Å². The maximum Gasteiger partial charge on any atom is 0.119 e. The van der Waals surface area contributed by atoms with Crippen molar-refractivity contribution in [1.82, 2.24) is 0 Å². The SMILES string of the molecule is CCCCCCCCCCCCOCCOCCOCCOCCOCCOCCOc1ccc(N)cc1. The molecule has 38 heavy (non-hydrogen) atoms. The molecule has 8 heteroatoms. The van der Waals surface area contributed by atoms with Gasteiger partial charge in [0.2, 0.25) is 0 Å². The highest BCUT2D eigenvalue weighted by molar-refractivity contribution is 5.41. The molecule has 0 aliphatic carbocycles. The van der Waals surface area contributed by atoms with Crippen molar-refractivity contribution in [2.45, 2.75) is 71.1 Å². The van der Waals surface area contributed by atoms with Gasteiger partial charge in [0.25, 0.3) is 0 Å². The third-order valence-corrected chi connectivity index (χ3v) is 5.88. The molecule has 0 aromatic heterocycles. The van der Waals surface area contributed by atoms with Crippen molar-refractivity contribution < 1.29 is 33.2 Å². The predicted octanol–water partition coefficient (Wildman–Crippen LogP) is 5.67. The summed E-state index contributed by atoms with van der Waals surface area (Å²) in [7, 11) is 0. The number of unbranched alkanes of at least 4 members (excludes halogenated alkanes) is 9. The Morgan fingerprint density at radius 3 is 1.18 bits per heavy atom. The van der Waals surface area contributed by atoms with Crippen molar-refractivity contribution in [2.75, 3.05) is 91.6 Å². The summed E-state index contributed by atoms with van der Waals surface area (Å²) < 4.78 is 38.7. The van der Waals surface area contributed by atoms with Crippen LogP contribution in [0.25, 0.3) is 0 Å².